The van der Waals surface area contributed by atoms with Gasteiger partial charge < -0.3 is 10.5 Å². The number of benzene rings is 1. The van der Waals surface area contributed by atoms with Crippen LogP contribution in [0.2, 0.25) is 0 Å². The number of hydrogen-bond acceptors (Lipinski definition) is 4. The third-order valence-corrected chi connectivity index (χ3v) is 7.31. The molecule has 0 bridgehead atoms. The fraction of sp³-hybridized carbons (Fsp3) is 0.625. The fourth-order valence-electron chi connectivity index (χ4n) is 2.61. The zero-order chi connectivity index (χ0) is 13.9. The van der Waals surface area contributed by atoms with Crippen molar-refractivity contribution in [3.63, 3.8) is 0 Å². The van der Waals surface area contributed by atoms with Crippen molar-refractivity contribution in [2.24, 2.45) is 5.73 Å². The summed E-state index contributed by atoms with van der Waals surface area (Å²) in [6.07, 6.45) is 4.08. The Morgan fingerprint density at radius 2 is 1.90 bits per heavy atom. The van der Waals surface area contributed by atoms with Crippen molar-refractivity contribution in [3.8, 4) is 5.75 Å². The smallest absolute Gasteiger partial charge is 0.119 e. The quantitative estimate of drug-likeness (QED) is 0.896. The molecule has 2 aliphatic rings. The minimum atomic E-state index is 0.132. The first-order chi connectivity index (χ1) is 9.78. The van der Waals surface area contributed by atoms with E-state index < -0.39 is 0 Å². The highest BCUT2D eigenvalue weighted by Gasteiger charge is 2.31. The SMILES string of the molecule is CCC1SCCSC1C(N)c1ccc(OC2CC2)cc1. The maximum atomic E-state index is 6.52. The van der Waals surface area contributed by atoms with Crippen molar-refractivity contribution in [3.05, 3.63) is 29.8 Å². The first-order valence-corrected chi connectivity index (χ1v) is 9.63. The molecule has 0 radical (unpaired) electrons. The largest absolute Gasteiger partial charge is 0.490 e. The molecular formula is C16H23NOS2. The Balaban J connectivity index is 1.66. The zero-order valence-electron chi connectivity index (χ0n) is 12.0. The molecule has 1 saturated carbocycles. The van der Waals surface area contributed by atoms with Crippen LogP contribution in [0.5, 0.6) is 5.75 Å². The van der Waals surface area contributed by atoms with E-state index in [2.05, 4.69) is 43.0 Å². The summed E-state index contributed by atoms with van der Waals surface area (Å²) in [5, 5.41) is 1.22. The Morgan fingerprint density at radius 3 is 2.55 bits per heavy atom. The first kappa shape index (κ1) is 14.6. The summed E-state index contributed by atoms with van der Waals surface area (Å²) in [4.78, 5) is 0. The molecule has 2 nitrogen and oxygen atoms in total. The molecular weight excluding hydrogens is 286 g/mol. The Morgan fingerprint density at radius 1 is 1.20 bits per heavy atom. The van der Waals surface area contributed by atoms with Crippen LogP contribution in [-0.4, -0.2) is 28.1 Å². The van der Waals surface area contributed by atoms with Crippen molar-refractivity contribution in [1.29, 1.82) is 0 Å². The van der Waals surface area contributed by atoms with E-state index in [1.54, 1.807) is 0 Å². The van der Waals surface area contributed by atoms with Crippen LogP contribution in [0.25, 0.3) is 0 Å². The third kappa shape index (κ3) is 3.46. The predicted molar refractivity (Wildman–Crippen MR) is 89.8 cm³/mol. The van der Waals surface area contributed by atoms with E-state index >= 15 is 0 Å². The van der Waals surface area contributed by atoms with Crippen molar-refractivity contribution in [2.75, 3.05) is 11.5 Å². The van der Waals surface area contributed by atoms with E-state index in [0.29, 0.717) is 16.6 Å². The van der Waals surface area contributed by atoms with Crippen molar-refractivity contribution >= 4 is 23.5 Å². The van der Waals surface area contributed by atoms with E-state index in [9.17, 15) is 0 Å². The maximum Gasteiger partial charge on any atom is 0.119 e. The molecule has 3 unspecified atom stereocenters. The van der Waals surface area contributed by atoms with Crippen LogP contribution in [0.4, 0.5) is 0 Å². The van der Waals surface area contributed by atoms with Crippen molar-refractivity contribution < 1.29 is 4.74 Å². The van der Waals surface area contributed by atoms with E-state index in [-0.39, 0.29) is 6.04 Å². The molecule has 4 heteroatoms. The van der Waals surface area contributed by atoms with E-state index in [1.165, 1.54) is 36.3 Å². The van der Waals surface area contributed by atoms with Crippen molar-refractivity contribution in [1.82, 2.24) is 0 Å². The molecule has 1 aliphatic carbocycles. The Labute approximate surface area is 130 Å². The summed E-state index contributed by atoms with van der Waals surface area (Å²) in [7, 11) is 0. The standard InChI is InChI=1S/C16H23NOS2/c1-2-14-16(20-10-9-19-14)15(17)11-3-5-12(6-4-11)18-13-7-8-13/h3-6,13-16H,2,7-10,17H2,1H3. The second-order valence-electron chi connectivity index (χ2n) is 5.56. The average Bonchev–Trinajstić information content (AvgIpc) is 3.31. The lowest BCUT2D eigenvalue weighted by Crippen LogP contribution is -2.35. The highest BCUT2D eigenvalue weighted by molar-refractivity contribution is 8.07. The molecule has 110 valence electrons. The zero-order valence-corrected chi connectivity index (χ0v) is 13.6. The van der Waals surface area contributed by atoms with Gasteiger partial charge in [-0.2, -0.15) is 23.5 Å². The topological polar surface area (TPSA) is 35.2 Å². The van der Waals surface area contributed by atoms with Gasteiger partial charge in [-0.05, 0) is 37.0 Å². The van der Waals surface area contributed by atoms with Crippen LogP contribution in [0, 0.1) is 0 Å². The van der Waals surface area contributed by atoms with Crippen molar-refractivity contribution in [2.45, 2.75) is 48.8 Å². The second kappa shape index (κ2) is 6.63. The van der Waals surface area contributed by atoms with Gasteiger partial charge in [0.05, 0.1) is 6.10 Å². The Bertz CT molecular complexity index is 433. The molecule has 1 heterocycles. The molecule has 0 amide bonds. The number of hydrogen-bond donors (Lipinski definition) is 1. The summed E-state index contributed by atoms with van der Waals surface area (Å²) in [5.74, 6) is 3.48. The molecule has 1 saturated heterocycles. The van der Waals surface area contributed by atoms with Gasteiger partial charge in [-0.3, -0.25) is 0 Å². The van der Waals surface area contributed by atoms with Crippen LogP contribution in [0.3, 0.4) is 0 Å². The fourth-order valence-corrected chi connectivity index (χ4v) is 5.79. The summed E-state index contributed by atoms with van der Waals surface area (Å²) >= 11 is 4.14. The van der Waals surface area contributed by atoms with E-state index in [1.807, 2.05) is 11.8 Å². The lowest BCUT2D eigenvalue weighted by molar-refractivity contribution is 0.303. The minimum absolute atomic E-state index is 0.132. The van der Waals surface area contributed by atoms with Crippen LogP contribution in [-0.2, 0) is 0 Å². The average molecular weight is 310 g/mol. The van der Waals surface area contributed by atoms with Crippen LogP contribution >= 0.6 is 23.5 Å². The molecule has 0 spiro atoms. The van der Waals surface area contributed by atoms with Gasteiger partial charge in [-0.25, -0.2) is 0 Å². The molecule has 0 aromatic heterocycles. The molecule has 2 N–H and O–H groups in total. The highest BCUT2D eigenvalue weighted by atomic mass is 32.2. The number of ether oxygens (including phenoxy) is 1. The molecule has 3 atom stereocenters. The van der Waals surface area contributed by atoms with Gasteiger partial charge in [0.2, 0.25) is 0 Å². The monoisotopic (exact) mass is 309 g/mol. The van der Waals surface area contributed by atoms with Crippen LogP contribution in [0.1, 0.15) is 37.8 Å². The number of rotatable bonds is 5. The minimum Gasteiger partial charge on any atom is -0.490 e. The predicted octanol–water partition coefficient (Wildman–Crippen LogP) is 3.85. The lowest BCUT2D eigenvalue weighted by Gasteiger charge is -2.34. The Hall–Kier alpha value is -0.320. The lowest BCUT2D eigenvalue weighted by atomic mass is 10.0. The molecule has 2 fully saturated rings. The van der Waals surface area contributed by atoms with Gasteiger partial charge in [0, 0.05) is 28.0 Å². The van der Waals surface area contributed by atoms with Gasteiger partial charge in [0.15, 0.2) is 0 Å². The molecule has 1 aromatic rings. The highest BCUT2D eigenvalue weighted by Crippen LogP contribution is 2.39. The van der Waals surface area contributed by atoms with Gasteiger partial charge in [-0.15, -0.1) is 0 Å². The maximum absolute atomic E-state index is 6.52. The van der Waals surface area contributed by atoms with Crippen LogP contribution < -0.4 is 10.5 Å². The molecule has 3 rings (SSSR count). The summed E-state index contributed by atoms with van der Waals surface area (Å²) in [5.41, 5.74) is 7.77. The molecule has 20 heavy (non-hydrogen) atoms. The summed E-state index contributed by atoms with van der Waals surface area (Å²) in [6, 6.07) is 8.58. The summed E-state index contributed by atoms with van der Waals surface area (Å²) < 4.78 is 5.80. The number of nitrogens with two attached hydrogens (primary N) is 1. The van der Waals surface area contributed by atoms with Gasteiger partial charge in [0.25, 0.3) is 0 Å². The van der Waals surface area contributed by atoms with E-state index in [0.717, 1.165) is 5.75 Å². The van der Waals surface area contributed by atoms with E-state index in [4.69, 9.17) is 10.5 Å². The molecule has 1 aliphatic heterocycles. The van der Waals surface area contributed by atoms with Gasteiger partial charge >= 0.3 is 0 Å². The van der Waals surface area contributed by atoms with Gasteiger partial charge in [-0.1, -0.05) is 19.1 Å². The second-order valence-corrected chi connectivity index (χ2v) is 8.20. The summed E-state index contributed by atoms with van der Waals surface area (Å²) in [6.45, 7) is 2.27. The third-order valence-electron chi connectivity index (χ3n) is 3.94. The normalized spacial score (nSPS) is 28.1. The first-order valence-electron chi connectivity index (χ1n) is 7.53. The van der Waals surface area contributed by atoms with Gasteiger partial charge in [0.1, 0.15) is 5.75 Å². The van der Waals surface area contributed by atoms with Crippen LogP contribution in [0.15, 0.2) is 24.3 Å². The number of thioether (sulfide) groups is 2. The Kier molecular flexibility index (Phi) is 4.84. The molecule has 1 aromatic carbocycles.